The number of aromatic nitrogens is 2. The summed E-state index contributed by atoms with van der Waals surface area (Å²) in [6.07, 6.45) is 0. The minimum Gasteiger partial charge on any atom is -0.324 e. The average molecular weight is 235 g/mol. The molecule has 0 bridgehead atoms. The van der Waals surface area contributed by atoms with E-state index in [0.717, 1.165) is 5.69 Å². The average Bonchev–Trinajstić information content (AvgIpc) is 2.82. The van der Waals surface area contributed by atoms with E-state index in [1.54, 1.807) is 29.8 Å². The van der Waals surface area contributed by atoms with Crippen molar-refractivity contribution in [2.24, 2.45) is 5.84 Å². The van der Waals surface area contributed by atoms with E-state index in [1.807, 2.05) is 0 Å². The third-order valence-electron chi connectivity index (χ3n) is 1.89. The Morgan fingerprint density at radius 3 is 2.62 bits per heavy atom. The first kappa shape index (κ1) is 10.5. The van der Waals surface area contributed by atoms with Gasteiger partial charge < -0.3 is 5.43 Å². The summed E-state index contributed by atoms with van der Waals surface area (Å²) in [5, 5.41) is 10.5. The Labute approximate surface area is 95.5 Å². The van der Waals surface area contributed by atoms with Crippen molar-refractivity contribution in [3.8, 4) is 0 Å². The van der Waals surface area contributed by atoms with Gasteiger partial charge in [0.15, 0.2) is 0 Å². The molecule has 6 nitrogen and oxygen atoms in total. The van der Waals surface area contributed by atoms with Gasteiger partial charge in [0.25, 0.3) is 5.91 Å². The SMILES string of the molecule is NNc1ccc(C(=O)Nc2nncs2)cc1. The Balaban J connectivity index is 2.09. The zero-order chi connectivity index (χ0) is 11.4. The van der Waals surface area contributed by atoms with Crippen LogP contribution in [-0.4, -0.2) is 16.1 Å². The lowest BCUT2D eigenvalue weighted by atomic mass is 10.2. The van der Waals surface area contributed by atoms with E-state index < -0.39 is 0 Å². The van der Waals surface area contributed by atoms with Crippen molar-refractivity contribution in [1.82, 2.24) is 10.2 Å². The van der Waals surface area contributed by atoms with Crippen LogP contribution in [0.1, 0.15) is 10.4 Å². The largest absolute Gasteiger partial charge is 0.324 e. The van der Waals surface area contributed by atoms with Crippen LogP contribution < -0.4 is 16.6 Å². The van der Waals surface area contributed by atoms with Gasteiger partial charge in [-0.1, -0.05) is 11.3 Å². The van der Waals surface area contributed by atoms with Gasteiger partial charge in [-0.3, -0.25) is 16.0 Å². The summed E-state index contributed by atoms with van der Waals surface area (Å²) in [5.41, 5.74) is 5.32. The van der Waals surface area contributed by atoms with Crippen molar-refractivity contribution in [1.29, 1.82) is 0 Å². The Morgan fingerprint density at radius 2 is 2.06 bits per heavy atom. The van der Waals surface area contributed by atoms with E-state index in [0.29, 0.717) is 10.7 Å². The predicted octanol–water partition coefficient (Wildman–Crippen LogP) is 1.08. The molecule has 0 atom stereocenters. The molecule has 0 aliphatic rings. The topological polar surface area (TPSA) is 92.9 Å². The van der Waals surface area contributed by atoms with Crippen LogP contribution in [-0.2, 0) is 0 Å². The summed E-state index contributed by atoms with van der Waals surface area (Å²) < 4.78 is 0. The second kappa shape index (κ2) is 4.69. The molecule has 4 N–H and O–H groups in total. The molecule has 1 aromatic heterocycles. The Hall–Kier alpha value is -1.99. The molecule has 2 aromatic rings. The lowest BCUT2D eigenvalue weighted by molar-refractivity contribution is 0.102. The van der Waals surface area contributed by atoms with E-state index in [2.05, 4.69) is 20.9 Å². The molecule has 1 heterocycles. The monoisotopic (exact) mass is 235 g/mol. The van der Waals surface area contributed by atoms with Crippen molar-refractivity contribution in [2.45, 2.75) is 0 Å². The lowest BCUT2D eigenvalue weighted by Gasteiger charge is -2.02. The fourth-order valence-corrected chi connectivity index (χ4v) is 1.55. The Kier molecular flexibility index (Phi) is 3.08. The van der Waals surface area contributed by atoms with Crippen molar-refractivity contribution >= 4 is 28.1 Å². The molecule has 16 heavy (non-hydrogen) atoms. The van der Waals surface area contributed by atoms with E-state index in [-0.39, 0.29) is 5.91 Å². The normalized spacial score (nSPS) is 9.81. The zero-order valence-corrected chi connectivity index (χ0v) is 8.99. The maximum atomic E-state index is 11.7. The first-order chi connectivity index (χ1) is 7.79. The number of nitrogens with two attached hydrogens (primary N) is 1. The predicted molar refractivity (Wildman–Crippen MR) is 62.1 cm³/mol. The molecule has 0 saturated carbocycles. The van der Waals surface area contributed by atoms with Crippen molar-refractivity contribution in [3.63, 3.8) is 0 Å². The minimum absolute atomic E-state index is 0.222. The van der Waals surface area contributed by atoms with Crippen LogP contribution in [0.15, 0.2) is 29.8 Å². The van der Waals surface area contributed by atoms with Crippen molar-refractivity contribution in [3.05, 3.63) is 35.3 Å². The molecule has 0 aliphatic heterocycles. The van der Waals surface area contributed by atoms with Crippen LogP contribution in [0, 0.1) is 0 Å². The first-order valence-corrected chi connectivity index (χ1v) is 5.32. The summed E-state index contributed by atoms with van der Waals surface area (Å²) in [6.45, 7) is 0. The van der Waals surface area contributed by atoms with Gasteiger partial charge in [-0.2, -0.15) is 0 Å². The maximum absolute atomic E-state index is 11.7. The zero-order valence-electron chi connectivity index (χ0n) is 8.18. The number of carbonyl (C=O) groups is 1. The highest BCUT2D eigenvalue weighted by Gasteiger charge is 2.07. The number of anilines is 2. The van der Waals surface area contributed by atoms with Gasteiger partial charge in [-0.25, -0.2) is 0 Å². The summed E-state index contributed by atoms with van der Waals surface area (Å²) >= 11 is 1.27. The number of hydrogen-bond acceptors (Lipinski definition) is 6. The molecule has 0 unspecified atom stereocenters. The highest BCUT2D eigenvalue weighted by Crippen LogP contribution is 2.12. The van der Waals surface area contributed by atoms with Gasteiger partial charge in [0, 0.05) is 11.3 Å². The molecule has 7 heteroatoms. The smallest absolute Gasteiger partial charge is 0.257 e. The van der Waals surface area contributed by atoms with Crippen LogP contribution in [0.5, 0.6) is 0 Å². The molecule has 2 rings (SSSR count). The maximum Gasteiger partial charge on any atom is 0.257 e. The van der Waals surface area contributed by atoms with Gasteiger partial charge in [0.2, 0.25) is 5.13 Å². The quantitative estimate of drug-likeness (QED) is 0.546. The number of amides is 1. The summed E-state index contributed by atoms with van der Waals surface area (Å²) in [7, 11) is 0. The molecule has 0 fully saturated rings. The number of carbonyl (C=O) groups excluding carboxylic acids is 1. The summed E-state index contributed by atoms with van der Waals surface area (Å²) in [4.78, 5) is 11.7. The number of nitrogens with zero attached hydrogens (tertiary/aromatic N) is 2. The molecular weight excluding hydrogens is 226 g/mol. The molecule has 0 radical (unpaired) electrons. The number of hydrogen-bond donors (Lipinski definition) is 3. The fourth-order valence-electron chi connectivity index (χ4n) is 1.11. The van der Waals surface area contributed by atoms with E-state index in [1.165, 1.54) is 11.3 Å². The van der Waals surface area contributed by atoms with Gasteiger partial charge in [0.05, 0.1) is 0 Å². The van der Waals surface area contributed by atoms with Crippen molar-refractivity contribution in [2.75, 3.05) is 10.7 Å². The van der Waals surface area contributed by atoms with Gasteiger partial charge in [-0.15, -0.1) is 10.2 Å². The lowest BCUT2D eigenvalue weighted by Crippen LogP contribution is -2.12. The van der Waals surface area contributed by atoms with E-state index >= 15 is 0 Å². The van der Waals surface area contributed by atoms with Crippen LogP contribution in [0.2, 0.25) is 0 Å². The third-order valence-corrected chi connectivity index (χ3v) is 2.50. The number of benzene rings is 1. The van der Waals surface area contributed by atoms with E-state index in [4.69, 9.17) is 5.84 Å². The minimum atomic E-state index is -0.222. The number of nitrogens with one attached hydrogen (secondary N) is 2. The molecule has 1 amide bonds. The standard InChI is InChI=1S/C9H9N5OS/c10-13-7-3-1-6(2-4-7)8(15)12-9-14-11-5-16-9/h1-5,13H,10H2,(H,12,14,15). The third kappa shape index (κ3) is 2.33. The van der Waals surface area contributed by atoms with Crippen LogP contribution in [0.25, 0.3) is 0 Å². The first-order valence-electron chi connectivity index (χ1n) is 4.44. The van der Waals surface area contributed by atoms with Crippen molar-refractivity contribution < 1.29 is 4.79 Å². The molecule has 82 valence electrons. The highest BCUT2D eigenvalue weighted by molar-refractivity contribution is 7.13. The van der Waals surface area contributed by atoms with Crippen LogP contribution in [0.4, 0.5) is 10.8 Å². The van der Waals surface area contributed by atoms with Gasteiger partial charge in [-0.05, 0) is 24.3 Å². The highest BCUT2D eigenvalue weighted by atomic mass is 32.1. The summed E-state index contributed by atoms with van der Waals surface area (Å²) in [6, 6.07) is 6.78. The number of hydrazine groups is 1. The molecule has 0 spiro atoms. The molecule has 1 aromatic carbocycles. The van der Waals surface area contributed by atoms with Gasteiger partial charge in [0.1, 0.15) is 5.51 Å². The van der Waals surface area contributed by atoms with Crippen LogP contribution >= 0.6 is 11.3 Å². The second-order valence-electron chi connectivity index (χ2n) is 2.92. The van der Waals surface area contributed by atoms with Crippen LogP contribution in [0.3, 0.4) is 0 Å². The Bertz CT molecular complexity index is 467. The number of rotatable bonds is 3. The second-order valence-corrected chi connectivity index (χ2v) is 3.75. The molecule has 0 aliphatic carbocycles. The van der Waals surface area contributed by atoms with E-state index in [9.17, 15) is 4.79 Å². The molecular formula is C9H9N5OS. The summed E-state index contributed by atoms with van der Waals surface area (Å²) in [5.74, 6) is 5.00. The fraction of sp³-hybridized carbons (Fsp3) is 0. The Morgan fingerprint density at radius 1 is 1.31 bits per heavy atom. The molecule has 0 saturated heterocycles. The number of nitrogen functional groups attached to an aromatic ring is 1. The van der Waals surface area contributed by atoms with Gasteiger partial charge >= 0.3 is 0 Å².